The van der Waals surface area contributed by atoms with E-state index in [4.69, 9.17) is 0 Å². The summed E-state index contributed by atoms with van der Waals surface area (Å²) >= 11 is 0. The minimum absolute atomic E-state index is 0.0934. The fraction of sp³-hybridized carbons (Fsp3) is 0.211. The number of amides is 1. The number of rotatable bonds is 3. The number of fused-ring (bicyclic) bond motifs is 1. The summed E-state index contributed by atoms with van der Waals surface area (Å²) in [7, 11) is 0. The molecule has 136 valence electrons. The van der Waals surface area contributed by atoms with E-state index in [2.05, 4.69) is 19.9 Å². The predicted octanol–water partition coefficient (Wildman–Crippen LogP) is 1.49. The Labute approximate surface area is 153 Å². The molecule has 0 spiro atoms. The van der Waals surface area contributed by atoms with Gasteiger partial charge in [0.25, 0.3) is 5.56 Å². The van der Waals surface area contributed by atoms with E-state index in [1.807, 2.05) is 0 Å². The molecule has 7 nitrogen and oxygen atoms in total. The number of hydrogen-bond donors (Lipinski definition) is 1. The van der Waals surface area contributed by atoms with Crippen molar-refractivity contribution in [3.8, 4) is 11.5 Å². The summed E-state index contributed by atoms with van der Waals surface area (Å²) < 4.78 is 13.3. The van der Waals surface area contributed by atoms with Crippen LogP contribution in [0.4, 0.5) is 4.39 Å². The SMILES string of the molecule is O=C(Cc1cccc(F)c1)N1CCc2nc(-c3cnccn3)[nH]c(=O)c2C1. The zero-order chi connectivity index (χ0) is 18.8. The molecule has 1 amide bonds. The topological polar surface area (TPSA) is 91.8 Å². The summed E-state index contributed by atoms with van der Waals surface area (Å²) in [5, 5.41) is 0. The molecule has 2 aromatic heterocycles. The van der Waals surface area contributed by atoms with Gasteiger partial charge in [0.15, 0.2) is 5.82 Å². The molecule has 1 aliphatic rings. The molecule has 0 fully saturated rings. The second kappa shape index (κ2) is 7.06. The first-order valence-electron chi connectivity index (χ1n) is 8.51. The Kier molecular flexibility index (Phi) is 4.45. The van der Waals surface area contributed by atoms with E-state index in [0.717, 1.165) is 0 Å². The number of aromatic nitrogens is 4. The first-order chi connectivity index (χ1) is 13.1. The molecule has 0 unspecified atom stereocenters. The molecule has 4 rings (SSSR count). The summed E-state index contributed by atoms with van der Waals surface area (Å²) in [6.45, 7) is 0.643. The number of benzene rings is 1. The first-order valence-corrected chi connectivity index (χ1v) is 8.51. The van der Waals surface area contributed by atoms with Gasteiger partial charge in [-0.1, -0.05) is 12.1 Å². The summed E-state index contributed by atoms with van der Waals surface area (Å²) in [6.07, 6.45) is 5.17. The summed E-state index contributed by atoms with van der Waals surface area (Å²) in [5.74, 6) is -0.156. The van der Waals surface area contributed by atoms with E-state index in [9.17, 15) is 14.0 Å². The lowest BCUT2D eigenvalue weighted by Gasteiger charge is -2.28. The van der Waals surface area contributed by atoms with Gasteiger partial charge in [-0.2, -0.15) is 0 Å². The summed E-state index contributed by atoms with van der Waals surface area (Å²) in [6, 6.07) is 5.97. The van der Waals surface area contributed by atoms with Crippen LogP contribution >= 0.6 is 0 Å². The van der Waals surface area contributed by atoms with Crippen LogP contribution in [0.2, 0.25) is 0 Å². The van der Waals surface area contributed by atoms with Gasteiger partial charge in [-0.25, -0.2) is 14.4 Å². The quantitative estimate of drug-likeness (QED) is 0.759. The van der Waals surface area contributed by atoms with Gasteiger partial charge in [-0.3, -0.25) is 14.6 Å². The van der Waals surface area contributed by atoms with Crippen molar-refractivity contribution in [1.29, 1.82) is 0 Å². The van der Waals surface area contributed by atoms with Gasteiger partial charge in [0.1, 0.15) is 11.5 Å². The van der Waals surface area contributed by atoms with Gasteiger partial charge >= 0.3 is 0 Å². The van der Waals surface area contributed by atoms with E-state index in [1.165, 1.54) is 24.5 Å². The second-order valence-electron chi connectivity index (χ2n) is 6.30. The smallest absolute Gasteiger partial charge is 0.256 e. The molecule has 0 bridgehead atoms. The number of carbonyl (C=O) groups is 1. The maximum Gasteiger partial charge on any atom is 0.256 e. The van der Waals surface area contributed by atoms with E-state index in [-0.39, 0.29) is 30.2 Å². The van der Waals surface area contributed by atoms with Crippen molar-refractivity contribution in [3.05, 3.63) is 75.8 Å². The van der Waals surface area contributed by atoms with Gasteiger partial charge in [0.05, 0.1) is 30.4 Å². The van der Waals surface area contributed by atoms with E-state index in [0.29, 0.717) is 41.3 Å². The second-order valence-corrected chi connectivity index (χ2v) is 6.30. The normalized spacial score (nSPS) is 13.3. The van der Waals surface area contributed by atoms with Crippen LogP contribution in [0.1, 0.15) is 16.8 Å². The van der Waals surface area contributed by atoms with E-state index in [1.54, 1.807) is 23.2 Å². The lowest BCUT2D eigenvalue weighted by atomic mass is 10.1. The molecule has 1 aromatic carbocycles. The minimum atomic E-state index is -0.374. The lowest BCUT2D eigenvalue weighted by Crippen LogP contribution is -2.40. The Morgan fingerprint density at radius 2 is 2.19 bits per heavy atom. The van der Waals surface area contributed by atoms with Gasteiger partial charge in [-0.15, -0.1) is 0 Å². The van der Waals surface area contributed by atoms with Crippen molar-refractivity contribution in [2.45, 2.75) is 19.4 Å². The molecule has 0 saturated heterocycles. The third-order valence-electron chi connectivity index (χ3n) is 4.47. The fourth-order valence-electron chi connectivity index (χ4n) is 3.11. The van der Waals surface area contributed by atoms with Crippen molar-refractivity contribution in [3.63, 3.8) is 0 Å². The summed E-state index contributed by atoms with van der Waals surface area (Å²) in [4.78, 5) is 42.0. The largest absolute Gasteiger partial charge is 0.337 e. The van der Waals surface area contributed by atoms with Crippen LogP contribution in [0.25, 0.3) is 11.5 Å². The van der Waals surface area contributed by atoms with E-state index < -0.39 is 0 Å². The van der Waals surface area contributed by atoms with Crippen molar-refractivity contribution in [1.82, 2.24) is 24.8 Å². The zero-order valence-corrected chi connectivity index (χ0v) is 14.4. The van der Waals surface area contributed by atoms with Crippen LogP contribution in [0.15, 0.2) is 47.7 Å². The molecule has 0 saturated carbocycles. The predicted molar refractivity (Wildman–Crippen MR) is 95.1 cm³/mol. The van der Waals surface area contributed by atoms with Crippen molar-refractivity contribution >= 4 is 5.91 Å². The van der Waals surface area contributed by atoms with Gasteiger partial charge in [-0.05, 0) is 17.7 Å². The van der Waals surface area contributed by atoms with Crippen molar-refractivity contribution in [2.75, 3.05) is 6.54 Å². The average Bonchev–Trinajstić information content (AvgIpc) is 2.68. The molecular weight excluding hydrogens is 349 g/mol. The van der Waals surface area contributed by atoms with Crippen LogP contribution in [0, 0.1) is 5.82 Å². The van der Waals surface area contributed by atoms with Crippen molar-refractivity contribution < 1.29 is 9.18 Å². The number of carbonyl (C=O) groups excluding carboxylic acids is 1. The van der Waals surface area contributed by atoms with Gasteiger partial charge < -0.3 is 9.88 Å². The number of H-pyrrole nitrogens is 1. The molecule has 27 heavy (non-hydrogen) atoms. The average molecular weight is 365 g/mol. The number of hydrogen-bond acceptors (Lipinski definition) is 5. The van der Waals surface area contributed by atoms with Crippen LogP contribution in [0.5, 0.6) is 0 Å². The van der Waals surface area contributed by atoms with Crippen LogP contribution in [-0.4, -0.2) is 37.3 Å². The number of halogens is 1. The molecule has 3 aromatic rings. The third kappa shape index (κ3) is 3.59. The maximum absolute atomic E-state index is 13.3. The Bertz CT molecular complexity index is 1050. The third-order valence-corrected chi connectivity index (χ3v) is 4.47. The highest BCUT2D eigenvalue weighted by Crippen LogP contribution is 2.18. The Hall–Kier alpha value is -3.42. The van der Waals surface area contributed by atoms with Crippen LogP contribution in [0.3, 0.4) is 0 Å². The monoisotopic (exact) mass is 365 g/mol. The number of nitrogens with zero attached hydrogens (tertiary/aromatic N) is 4. The highest BCUT2D eigenvalue weighted by atomic mass is 19.1. The lowest BCUT2D eigenvalue weighted by molar-refractivity contribution is -0.131. The molecule has 1 N–H and O–H groups in total. The fourth-order valence-corrected chi connectivity index (χ4v) is 3.11. The van der Waals surface area contributed by atoms with Crippen LogP contribution in [-0.2, 0) is 24.2 Å². The van der Waals surface area contributed by atoms with Crippen molar-refractivity contribution in [2.24, 2.45) is 0 Å². The highest BCUT2D eigenvalue weighted by Gasteiger charge is 2.25. The number of nitrogens with one attached hydrogen (secondary N) is 1. The van der Waals surface area contributed by atoms with E-state index >= 15 is 0 Å². The Morgan fingerprint density at radius 1 is 1.30 bits per heavy atom. The first kappa shape index (κ1) is 17.0. The highest BCUT2D eigenvalue weighted by molar-refractivity contribution is 5.79. The minimum Gasteiger partial charge on any atom is -0.337 e. The Morgan fingerprint density at radius 3 is 2.96 bits per heavy atom. The molecular formula is C19H16FN5O2. The molecule has 0 atom stereocenters. The van der Waals surface area contributed by atoms with Gasteiger partial charge in [0, 0.05) is 25.4 Å². The molecule has 1 aliphatic heterocycles. The molecule has 0 radical (unpaired) electrons. The van der Waals surface area contributed by atoms with Gasteiger partial charge in [0.2, 0.25) is 5.91 Å². The van der Waals surface area contributed by atoms with Crippen LogP contribution < -0.4 is 5.56 Å². The molecule has 0 aliphatic carbocycles. The maximum atomic E-state index is 13.3. The zero-order valence-electron chi connectivity index (χ0n) is 14.4. The molecule has 8 heteroatoms. The number of aromatic amines is 1. The Balaban J connectivity index is 1.55. The standard InChI is InChI=1S/C19H16FN5O2/c20-13-3-1-2-12(8-13)9-17(26)25-7-4-15-14(11-25)19(27)24-18(23-15)16-10-21-5-6-22-16/h1-3,5-6,8,10H,4,7,9,11H2,(H,23,24,27). The summed E-state index contributed by atoms with van der Waals surface area (Å²) in [5.41, 5.74) is 1.94. The molecule has 3 heterocycles.